The number of rotatable bonds is 10. The number of hydrogen-bond acceptors (Lipinski definition) is 2. The summed E-state index contributed by atoms with van der Waals surface area (Å²) in [5, 5.41) is 0. The molecule has 0 amide bonds. The Kier molecular flexibility index (Phi) is 8.83. The van der Waals surface area contributed by atoms with Gasteiger partial charge in [-0.25, -0.2) is 27.5 Å². The molecule has 6 heteroatoms. The van der Waals surface area contributed by atoms with Crippen LogP contribution in [-0.4, -0.2) is 16.4 Å². The molecule has 0 N–H and O–H groups in total. The van der Waals surface area contributed by atoms with E-state index >= 15 is 0 Å². The van der Waals surface area contributed by atoms with Gasteiger partial charge >= 0.3 is 0 Å². The summed E-state index contributed by atoms with van der Waals surface area (Å²) in [5.74, 6) is -0.725. The summed E-state index contributed by atoms with van der Waals surface area (Å²) in [4.78, 5) is 8.95. The fourth-order valence-corrected chi connectivity index (χ4v) is 4.17. The van der Waals surface area contributed by atoms with Crippen LogP contribution < -0.4 is 0 Å². The minimum absolute atomic E-state index is 0.198. The van der Waals surface area contributed by atoms with Gasteiger partial charge in [-0.2, -0.15) is 0 Å². The van der Waals surface area contributed by atoms with Gasteiger partial charge in [-0.1, -0.05) is 68.0 Å². The molecule has 1 heterocycles. The maximum atomic E-state index is 14.3. The van der Waals surface area contributed by atoms with Crippen LogP contribution >= 0.6 is 0 Å². The second-order valence-electron chi connectivity index (χ2n) is 8.94. The number of aryl methyl sites for hydroxylation is 3. The molecule has 4 aromatic rings. The van der Waals surface area contributed by atoms with Crippen molar-refractivity contribution in [1.82, 2.24) is 9.97 Å². The Morgan fingerprint density at radius 2 is 1.24 bits per heavy atom. The molecule has 37 heavy (non-hydrogen) atoms. The summed E-state index contributed by atoms with van der Waals surface area (Å²) in [6.45, 7) is 2.13. The van der Waals surface area contributed by atoms with E-state index < -0.39 is 18.1 Å². The maximum absolute atomic E-state index is 14.3. The van der Waals surface area contributed by atoms with Crippen LogP contribution in [0.5, 0.6) is 0 Å². The molecule has 0 radical (unpaired) electrons. The van der Waals surface area contributed by atoms with E-state index in [0.717, 1.165) is 46.7 Å². The molecule has 4 rings (SSSR count). The Morgan fingerprint density at radius 1 is 0.703 bits per heavy atom. The summed E-state index contributed by atoms with van der Waals surface area (Å²) in [6.07, 6.45) is 5.74. The third-order valence-electron chi connectivity index (χ3n) is 6.18. The zero-order valence-electron chi connectivity index (χ0n) is 20.6. The lowest BCUT2D eigenvalue weighted by Gasteiger charge is -2.08. The first-order chi connectivity index (χ1) is 17.9. The topological polar surface area (TPSA) is 25.8 Å². The first-order valence-electron chi connectivity index (χ1n) is 12.3. The highest BCUT2D eigenvalue weighted by molar-refractivity contribution is 5.67. The highest BCUT2D eigenvalue weighted by atomic mass is 19.3. The zero-order valence-corrected chi connectivity index (χ0v) is 20.6. The van der Waals surface area contributed by atoms with Gasteiger partial charge in [0.25, 0.3) is 6.43 Å². The molecule has 0 saturated heterocycles. The van der Waals surface area contributed by atoms with Crippen molar-refractivity contribution in [2.75, 3.05) is 0 Å². The lowest BCUT2D eigenvalue weighted by Crippen LogP contribution is -1.99. The van der Waals surface area contributed by atoms with Gasteiger partial charge in [-0.15, -0.1) is 0 Å². The Bertz CT molecular complexity index is 1310. The minimum Gasteiger partial charge on any atom is -0.236 e. The lowest BCUT2D eigenvalue weighted by atomic mass is 9.98. The summed E-state index contributed by atoms with van der Waals surface area (Å²) in [7, 11) is 0. The van der Waals surface area contributed by atoms with Crippen molar-refractivity contribution in [1.29, 1.82) is 0 Å². The number of benzene rings is 3. The second kappa shape index (κ2) is 12.4. The summed E-state index contributed by atoms with van der Waals surface area (Å²) >= 11 is 0. The second-order valence-corrected chi connectivity index (χ2v) is 8.94. The number of alkyl halides is 2. The predicted octanol–water partition coefficient (Wildman–Crippen LogP) is 8.19. The molecule has 3 aromatic carbocycles. The average Bonchev–Trinajstić information content (AvgIpc) is 2.90. The first kappa shape index (κ1) is 26.3. The summed E-state index contributed by atoms with van der Waals surface area (Å²) in [5.41, 5.74) is 5.60. The van der Waals surface area contributed by atoms with Gasteiger partial charge in [0, 0.05) is 23.5 Å². The monoisotopic (exact) mass is 504 g/mol. The number of hydrogen-bond donors (Lipinski definition) is 0. The van der Waals surface area contributed by atoms with Crippen LogP contribution in [0.15, 0.2) is 85.2 Å². The summed E-state index contributed by atoms with van der Waals surface area (Å²) in [6, 6.07) is 18.7. The molecular weight excluding hydrogens is 476 g/mol. The van der Waals surface area contributed by atoms with Gasteiger partial charge in [0.15, 0.2) is 5.82 Å². The van der Waals surface area contributed by atoms with Crippen LogP contribution in [0.25, 0.3) is 22.5 Å². The lowest BCUT2D eigenvalue weighted by molar-refractivity contribution is 0.204. The van der Waals surface area contributed by atoms with Crippen molar-refractivity contribution in [2.24, 2.45) is 0 Å². The molecular formula is C31H28F4N2. The third kappa shape index (κ3) is 7.13. The molecule has 190 valence electrons. The van der Waals surface area contributed by atoms with Gasteiger partial charge in [0.2, 0.25) is 0 Å². The van der Waals surface area contributed by atoms with Crippen LogP contribution in [0.1, 0.15) is 35.6 Å². The van der Waals surface area contributed by atoms with Crippen molar-refractivity contribution in [3.63, 3.8) is 0 Å². The highest BCUT2D eigenvalue weighted by Crippen LogP contribution is 2.24. The van der Waals surface area contributed by atoms with Crippen LogP contribution in [0.4, 0.5) is 17.6 Å². The third-order valence-corrected chi connectivity index (χ3v) is 6.18. The highest BCUT2D eigenvalue weighted by Gasteiger charge is 2.11. The van der Waals surface area contributed by atoms with E-state index in [1.165, 1.54) is 12.1 Å². The molecule has 0 aliphatic heterocycles. The van der Waals surface area contributed by atoms with E-state index in [1.54, 1.807) is 0 Å². The molecule has 0 bridgehead atoms. The Morgan fingerprint density at radius 3 is 1.81 bits per heavy atom. The van der Waals surface area contributed by atoms with E-state index in [0.29, 0.717) is 30.3 Å². The molecule has 0 aliphatic carbocycles. The number of allylic oxidation sites excluding steroid dienone is 2. The van der Waals surface area contributed by atoms with Crippen LogP contribution in [0, 0.1) is 11.6 Å². The van der Waals surface area contributed by atoms with Gasteiger partial charge < -0.3 is 0 Å². The molecule has 1 aromatic heterocycles. The fourth-order valence-electron chi connectivity index (χ4n) is 4.17. The molecule has 0 saturated carbocycles. The Labute approximate surface area is 214 Å². The van der Waals surface area contributed by atoms with Crippen molar-refractivity contribution < 1.29 is 17.6 Å². The van der Waals surface area contributed by atoms with Gasteiger partial charge in [-0.05, 0) is 71.7 Å². The molecule has 0 aliphatic rings. The van der Waals surface area contributed by atoms with Crippen molar-refractivity contribution in [3.05, 3.63) is 119 Å². The summed E-state index contributed by atoms with van der Waals surface area (Å²) < 4.78 is 53.1. The van der Waals surface area contributed by atoms with E-state index in [2.05, 4.69) is 16.9 Å². The molecule has 2 nitrogen and oxygen atoms in total. The first-order valence-corrected chi connectivity index (χ1v) is 12.3. The molecule has 0 fully saturated rings. The molecule has 0 atom stereocenters. The number of aromatic nitrogens is 2. The van der Waals surface area contributed by atoms with E-state index in [1.807, 2.05) is 60.9 Å². The van der Waals surface area contributed by atoms with Crippen molar-refractivity contribution in [2.45, 2.75) is 45.5 Å². The Balaban J connectivity index is 1.37. The maximum Gasteiger partial charge on any atom is 0.257 e. The standard InChI is InChI=1S/C31H28F4N2/c1-2-4-23-19-36-31(37-20-23)26-15-13-25(14-16-26)24-11-9-21(10-12-24)7-8-22-17-28(32)27(29(33)18-22)5-3-6-30(34)35/h3,6,9-20,30H,2,4-5,7-8H2,1H3/b6-3+. The largest absolute Gasteiger partial charge is 0.257 e. The number of halogens is 4. The zero-order chi connectivity index (χ0) is 26.2. The van der Waals surface area contributed by atoms with Crippen molar-refractivity contribution in [3.8, 4) is 22.5 Å². The number of nitrogens with zero attached hydrogens (tertiary/aromatic N) is 2. The Hall–Kier alpha value is -3.80. The van der Waals surface area contributed by atoms with Crippen LogP contribution in [0.3, 0.4) is 0 Å². The van der Waals surface area contributed by atoms with Gasteiger partial charge in [0.1, 0.15) is 11.6 Å². The average molecular weight is 505 g/mol. The van der Waals surface area contributed by atoms with Gasteiger partial charge in [-0.3, -0.25) is 0 Å². The van der Waals surface area contributed by atoms with Crippen LogP contribution in [0.2, 0.25) is 0 Å². The predicted molar refractivity (Wildman–Crippen MR) is 140 cm³/mol. The smallest absolute Gasteiger partial charge is 0.236 e. The van der Waals surface area contributed by atoms with E-state index in [4.69, 9.17) is 0 Å². The van der Waals surface area contributed by atoms with Gasteiger partial charge in [0.05, 0.1) is 0 Å². The van der Waals surface area contributed by atoms with Crippen molar-refractivity contribution >= 4 is 0 Å². The fraction of sp³-hybridized carbons (Fsp3) is 0.226. The minimum atomic E-state index is -2.64. The normalized spacial score (nSPS) is 11.5. The SMILES string of the molecule is CCCc1cnc(-c2ccc(-c3ccc(CCc4cc(F)c(C/C=C/C(F)F)c(F)c4)cc3)cc2)nc1. The molecule has 0 spiro atoms. The molecule has 0 unspecified atom stereocenters. The van der Waals surface area contributed by atoms with E-state index in [9.17, 15) is 17.6 Å². The van der Waals surface area contributed by atoms with Crippen LogP contribution in [-0.2, 0) is 25.7 Å². The quantitative estimate of drug-likeness (QED) is 0.161. The van der Waals surface area contributed by atoms with E-state index in [-0.39, 0.29) is 12.0 Å².